The van der Waals surface area contributed by atoms with Gasteiger partial charge in [0.1, 0.15) is 10.8 Å². The van der Waals surface area contributed by atoms with Gasteiger partial charge in [-0.3, -0.25) is 9.59 Å². The van der Waals surface area contributed by atoms with Crippen LogP contribution in [0.4, 0.5) is 11.6 Å². The van der Waals surface area contributed by atoms with Gasteiger partial charge in [-0.05, 0) is 42.8 Å². The molecule has 9 heteroatoms. The molecule has 2 amide bonds. The van der Waals surface area contributed by atoms with Crippen molar-refractivity contribution in [1.29, 1.82) is 0 Å². The second kappa shape index (κ2) is 9.48. The van der Waals surface area contributed by atoms with Gasteiger partial charge < -0.3 is 15.1 Å². The maximum atomic E-state index is 11.8. The summed E-state index contributed by atoms with van der Waals surface area (Å²) in [6.07, 6.45) is 4.15. The van der Waals surface area contributed by atoms with Crippen molar-refractivity contribution in [3.63, 3.8) is 0 Å². The molecule has 3 heterocycles. The number of thioether (sulfide) groups is 1. The van der Waals surface area contributed by atoms with Gasteiger partial charge in [-0.2, -0.15) is 0 Å². The SMILES string of the molecule is O=C(CCCSc1ccc(NC(=O)c2ccco2)nn1)Nc1ccccn1. The van der Waals surface area contributed by atoms with Gasteiger partial charge in [-0.1, -0.05) is 6.07 Å². The lowest BCUT2D eigenvalue weighted by molar-refractivity contribution is -0.116. The summed E-state index contributed by atoms with van der Waals surface area (Å²) in [4.78, 5) is 27.7. The normalized spacial score (nSPS) is 10.4. The Labute approximate surface area is 159 Å². The van der Waals surface area contributed by atoms with Gasteiger partial charge in [0.25, 0.3) is 5.91 Å². The minimum absolute atomic E-state index is 0.0728. The molecular weight excluding hydrogens is 366 g/mol. The number of hydrogen-bond donors (Lipinski definition) is 2. The highest BCUT2D eigenvalue weighted by Crippen LogP contribution is 2.17. The number of nitrogens with zero attached hydrogens (tertiary/aromatic N) is 3. The fourth-order valence-electron chi connectivity index (χ4n) is 2.10. The summed E-state index contributed by atoms with van der Waals surface area (Å²) in [7, 11) is 0. The average molecular weight is 383 g/mol. The second-order valence-corrected chi connectivity index (χ2v) is 6.52. The molecule has 0 saturated carbocycles. The molecule has 3 aromatic rings. The first-order valence-electron chi connectivity index (χ1n) is 8.23. The largest absolute Gasteiger partial charge is 0.459 e. The van der Waals surface area contributed by atoms with Crippen molar-refractivity contribution in [2.24, 2.45) is 0 Å². The van der Waals surface area contributed by atoms with Crippen LogP contribution >= 0.6 is 11.8 Å². The van der Waals surface area contributed by atoms with Gasteiger partial charge in [-0.25, -0.2) is 4.98 Å². The topological polar surface area (TPSA) is 110 Å². The molecule has 0 unspecified atom stereocenters. The third kappa shape index (κ3) is 5.93. The number of hydrogen-bond acceptors (Lipinski definition) is 7. The highest BCUT2D eigenvalue weighted by atomic mass is 32.2. The second-order valence-electron chi connectivity index (χ2n) is 5.40. The first-order chi connectivity index (χ1) is 13.2. The zero-order chi connectivity index (χ0) is 18.9. The number of furan rings is 1. The van der Waals surface area contributed by atoms with Gasteiger partial charge in [0.05, 0.1) is 6.26 Å². The van der Waals surface area contributed by atoms with E-state index in [1.165, 1.54) is 18.0 Å². The van der Waals surface area contributed by atoms with E-state index in [1.807, 2.05) is 6.07 Å². The molecule has 0 aliphatic carbocycles. The van der Waals surface area contributed by atoms with Crippen LogP contribution in [0.15, 0.2) is 64.4 Å². The van der Waals surface area contributed by atoms with Gasteiger partial charge in [0.2, 0.25) is 5.91 Å². The third-order valence-electron chi connectivity index (χ3n) is 3.36. The van der Waals surface area contributed by atoms with Crippen LogP contribution in [-0.4, -0.2) is 32.7 Å². The van der Waals surface area contributed by atoms with Crippen molar-refractivity contribution in [1.82, 2.24) is 15.2 Å². The summed E-state index contributed by atoms with van der Waals surface area (Å²) < 4.78 is 5.01. The number of pyridine rings is 1. The van der Waals surface area contributed by atoms with Gasteiger partial charge in [-0.15, -0.1) is 22.0 Å². The predicted octanol–water partition coefficient (Wildman–Crippen LogP) is 3.23. The van der Waals surface area contributed by atoms with Crippen molar-refractivity contribution < 1.29 is 14.0 Å². The molecule has 0 saturated heterocycles. The van der Waals surface area contributed by atoms with Gasteiger partial charge in [0, 0.05) is 18.4 Å². The Morgan fingerprint density at radius 1 is 1.00 bits per heavy atom. The molecule has 0 fully saturated rings. The van der Waals surface area contributed by atoms with Crippen LogP contribution in [0.5, 0.6) is 0 Å². The molecule has 27 heavy (non-hydrogen) atoms. The Morgan fingerprint density at radius 3 is 2.63 bits per heavy atom. The number of rotatable bonds is 8. The predicted molar refractivity (Wildman–Crippen MR) is 102 cm³/mol. The van der Waals surface area contributed by atoms with Crippen LogP contribution in [0.3, 0.4) is 0 Å². The lowest BCUT2D eigenvalue weighted by atomic mass is 10.3. The first-order valence-corrected chi connectivity index (χ1v) is 9.21. The zero-order valence-corrected chi connectivity index (χ0v) is 15.1. The summed E-state index contributed by atoms with van der Waals surface area (Å²) in [6, 6.07) is 12.0. The van der Waals surface area contributed by atoms with Crippen molar-refractivity contribution in [2.45, 2.75) is 17.9 Å². The molecule has 0 radical (unpaired) electrons. The summed E-state index contributed by atoms with van der Waals surface area (Å²) in [5.74, 6) is 1.37. The molecule has 138 valence electrons. The standard InChI is InChI=1S/C18H17N5O3S/c24-16(20-14-6-1-2-10-19-14)7-4-12-27-17-9-8-15(22-23-17)21-18(25)13-5-3-11-26-13/h1-3,5-6,8-11H,4,7,12H2,(H,19,20,24)(H,21,22,25). The van der Waals surface area contributed by atoms with Crippen molar-refractivity contribution in [3.8, 4) is 0 Å². The molecule has 2 N–H and O–H groups in total. The molecule has 8 nitrogen and oxygen atoms in total. The molecule has 0 aliphatic rings. The van der Waals surface area contributed by atoms with E-state index < -0.39 is 0 Å². The fraction of sp³-hybridized carbons (Fsp3) is 0.167. The summed E-state index contributed by atoms with van der Waals surface area (Å²) in [5.41, 5.74) is 0. The lowest BCUT2D eigenvalue weighted by Crippen LogP contribution is -2.12. The Morgan fingerprint density at radius 2 is 1.93 bits per heavy atom. The van der Waals surface area contributed by atoms with Crippen molar-refractivity contribution in [3.05, 3.63) is 60.7 Å². The molecule has 0 aromatic carbocycles. The minimum Gasteiger partial charge on any atom is -0.459 e. The van der Waals surface area contributed by atoms with Gasteiger partial charge >= 0.3 is 0 Å². The molecule has 0 atom stereocenters. The third-order valence-corrected chi connectivity index (χ3v) is 4.36. The van der Waals surface area contributed by atoms with Crippen LogP contribution in [0, 0.1) is 0 Å². The van der Waals surface area contributed by atoms with Crippen LogP contribution in [-0.2, 0) is 4.79 Å². The van der Waals surface area contributed by atoms with Crippen LogP contribution in [0.25, 0.3) is 0 Å². The zero-order valence-electron chi connectivity index (χ0n) is 14.3. The Bertz CT molecular complexity index is 870. The van der Waals surface area contributed by atoms with E-state index in [0.29, 0.717) is 24.5 Å². The smallest absolute Gasteiger partial charge is 0.292 e. The van der Waals surface area contributed by atoms with E-state index in [0.717, 1.165) is 10.8 Å². The lowest BCUT2D eigenvalue weighted by Gasteiger charge is -2.04. The number of anilines is 2. The number of carbonyl (C=O) groups excluding carboxylic acids is 2. The van der Waals surface area contributed by atoms with E-state index in [4.69, 9.17) is 4.42 Å². The highest BCUT2D eigenvalue weighted by Gasteiger charge is 2.10. The summed E-state index contributed by atoms with van der Waals surface area (Å²) >= 11 is 1.49. The van der Waals surface area contributed by atoms with E-state index in [1.54, 1.807) is 42.6 Å². The van der Waals surface area contributed by atoms with E-state index in [2.05, 4.69) is 25.8 Å². The maximum Gasteiger partial charge on any atom is 0.292 e. The Balaban J connectivity index is 1.37. The molecular formula is C18H17N5O3S. The monoisotopic (exact) mass is 383 g/mol. The summed E-state index contributed by atoms with van der Waals surface area (Å²) in [5, 5.41) is 14.1. The number of amides is 2. The molecule has 3 aromatic heterocycles. The molecule has 0 spiro atoms. The Hall–Kier alpha value is -3.20. The number of aromatic nitrogens is 3. The first kappa shape index (κ1) is 18.6. The number of nitrogens with one attached hydrogen (secondary N) is 2. The van der Waals surface area contributed by atoms with E-state index in [-0.39, 0.29) is 17.6 Å². The Kier molecular flexibility index (Phi) is 6.53. The maximum absolute atomic E-state index is 11.8. The van der Waals surface area contributed by atoms with Crippen LogP contribution in [0.1, 0.15) is 23.4 Å². The summed E-state index contributed by atoms with van der Waals surface area (Å²) in [6.45, 7) is 0. The highest BCUT2D eigenvalue weighted by molar-refractivity contribution is 7.99. The van der Waals surface area contributed by atoms with Crippen molar-refractivity contribution in [2.75, 3.05) is 16.4 Å². The average Bonchev–Trinajstić information content (AvgIpc) is 3.22. The van der Waals surface area contributed by atoms with E-state index >= 15 is 0 Å². The van der Waals surface area contributed by atoms with Crippen molar-refractivity contribution >= 4 is 35.2 Å². The fourth-order valence-corrected chi connectivity index (χ4v) is 2.86. The quantitative estimate of drug-likeness (QED) is 0.454. The molecule has 0 bridgehead atoms. The van der Waals surface area contributed by atoms with Crippen LogP contribution < -0.4 is 10.6 Å². The number of carbonyl (C=O) groups is 2. The molecule has 0 aliphatic heterocycles. The van der Waals surface area contributed by atoms with Gasteiger partial charge in [0.15, 0.2) is 11.6 Å². The van der Waals surface area contributed by atoms with E-state index in [9.17, 15) is 9.59 Å². The van der Waals surface area contributed by atoms with Crippen LogP contribution in [0.2, 0.25) is 0 Å². The minimum atomic E-state index is -0.381. The molecule has 3 rings (SSSR count).